The van der Waals surface area contributed by atoms with Gasteiger partial charge in [0.25, 0.3) is 0 Å². The summed E-state index contributed by atoms with van der Waals surface area (Å²) in [6.45, 7) is 1.56. The number of carbonyl (C=O) groups excluding carboxylic acids is 1. The summed E-state index contributed by atoms with van der Waals surface area (Å²) in [7, 11) is 0. The molecule has 2 aromatic carbocycles. The molecule has 0 N–H and O–H groups in total. The van der Waals surface area contributed by atoms with Crippen LogP contribution in [0.15, 0.2) is 66.9 Å². The van der Waals surface area contributed by atoms with Crippen LogP contribution in [0, 0.1) is 5.82 Å². The Morgan fingerprint density at radius 3 is 2.35 bits per heavy atom. The SMILES string of the molecule is CC(=O)N1c2ccccc2-n2cccc2C1c1ccc(F)cc1. The zero-order valence-electron chi connectivity index (χ0n) is 12.6. The van der Waals surface area contributed by atoms with Crippen LogP contribution >= 0.6 is 0 Å². The van der Waals surface area contributed by atoms with Crippen molar-refractivity contribution < 1.29 is 9.18 Å². The fraction of sp³-hybridized carbons (Fsp3) is 0.105. The van der Waals surface area contributed by atoms with Crippen LogP contribution in [-0.2, 0) is 4.79 Å². The summed E-state index contributed by atoms with van der Waals surface area (Å²) in [5.41, 5.74) is 3.71. The standard InChI is InChI=1S/C19H15FN2O/c1-13(23)22-17-6-3-2-5-16(17)21-12-4-7-18(21)19(22)14-8-10-15(20)11-9-14/h2-12,19H,1H3. The lowest BCUT2D eigenvalue weighted by atomic mass is 9.98. The van der Waals surface area contributed by atoms with Crippen LogP contribution in [0.5, 0.6) is 0 Å². The molecule has 3 nitrogen and oxygen atoms in total. The van der Waals surface area contributed by atoms with E-state index in [0.29, 0.717) is 0 Å². The second-order valence-electron chi connectivity index (χ2n) is 5.63. The van der Waals surface area contributed by atoms with Gasteiger partial charge in [-0.15, -0.1) is 0 Å². The fourth-order valence-electron chi connectivity index (χ4n) is 3.30. The number of amides is 1. The van der Waals surface area contributed by atoms with Gasteiger partial charge in [-0.05, 0) is 42.0 Å². The van der Waals surface area contributed by atoms with Crippen LogP contribution in [0.1, 0.15) is 24.2 Å². The second kappa shape index (κ2) is 5.09. The van der Waals surface area contributed by atoms with Crippen LogP contribution in [0.2, 0.25) is 0 Å². The minimum Gasteiger partial charge on any atom is -0.316 e. The molecule has 1 amide bonds. The minimum absolute atomic E-state index is 0.0424. The lowest BCUT2D eigenvalue weighted by Gasteiger charge is -2.38. The van der Waals surface area contributed by atoms with Crippen molar-refractivity contribution in [2.45, 2.75) is 13.0 Å². The van der Waals surface area contributed by atoms with Crippen LogP contribution in [0.4, 0.5) is 10.1 Å². The molecule has 114 valence electrons. The first kappa shape index (κ1) is 13.8. The van der Waals surface area contributed by atoms with Crippen molar-refractivity contribution in [2.24, 2.45) is 0 Å². The van der Waals surface area contributed by atoms with E-state index in [0.717, 1.165) is 22.6 Å². The van der Waals surface area contributed by atoms with Crippen molar-refractivity contribution in [2.75, 3.05) is 4.90 Å². The highest BCUT2D eigenvalue weighted by molar-refractivity contribution is 5.96. The molecule has 0 spiro atoms. The Labute approximate surface area is 133 Å². The van der Waals surface area contributed by atoms with Crippen LogP contribution in [0.25, 0.3) is 5.69 Å². The molecular weight excluding hydrogens is 291 g/mol. The maximum atomic E-state index is 13.3. The van der Waals surface area contributed by atoms with Gasteiger partial charge >= 0.3 is 0 Å². The van der Waals surface area contributed by atoms with E-state index in [1.807, 2.05) is 42.6 Å². The number of fused-ring (bicyclic) bond motifs is 3. The molecule has 2 heterocycles. The Bertz CT molecular complexity index is 882. The smallest absolute Gasteiger partial charge is 0.224 e. The number of aromatic nitrogens is 1. The van der Waals surface area contributed by atoms with E-state index in [-0.39, 0.29) is 17.8 Å². The number of halogens is 1. The summed E-state index contributed by atoms with van der Waals surface area (Å²) >= 11 is 0. The third-order valence-corrected chi connectivity index (χ3v) is 4.24. The molecule has 0 fully saturated rings. The van der Waals surface area contributed by atoms with Crippen LogP contribution in [0.3, 0.4) is 0 Å². The summed E-state index contributed by atoms with van der Waals surface area (Å²) in [6, 6.07) is 17.9. The molecule has 1 atom stereocenters. The molecule has 0 saturated carbocycles. The Hall–Kier alpha value is -2.88. The van der Waals surface area contributed by atoms with Crippen molar-refractivity contribution in [3.05, 3.63) is 83.9 Å². The zero-order chi connectivity index (χ0) is 16.0. The summed E-state index contributed by atoms with van der Waals surface area (Å²) in [4.78, 5) is 14.2. The normalized spacial score (nSPS) is 15.9. The first-order chi connectivity index (χ1) is 11.2. The van der Waals surface area contributed by atoms with Gasteiger partial charge in [-0.2, -0.15) is 0 Å². The van der Waals surface area contributed by atoms with E-state index in [1.54, 1.807) is 24.0 Å². The maximum absolute atomic E-state index is 13.3. The number of rotatable bonds is 1. The van der Waals surface area contributed by atoms with Crippen molar-refractivity contribution in [1.82, 2.24) is 4.57 Å². The Morgan fingerprint density at radius 1 is 0.957 bits per heavy atom. The Balaban J connectivity index is 1.98. The van der Waals surface area contributed by atoms with Gasteiger partial charge in [-0.1, -0.05) is 24.3 Å². The predicted octanol–water partition coefficient (Wildman–Crippen LogP) is 4.07. The molecule has 1 aromatic heterocycles. The highest BCUT2D eigenvalue weighted by atomic mass is 19.1. The number of hydrogen-bond acceptors (Lipinski definition) is 1. The lowest BCUT2D eigenvalue weighted by molar-refractivity contribution is -0.117. The molecule has 4 rings (SSSR count). The number of hydrogen-bond donors (Lipinski definition) is 0. The molecule has 1 aliphatic rings. The van der Waals surface area contributed by atoms with E-state index in [9.17, 15) is 9.18 Å². The van der Waals surface area contributed by atoms with Gasteiger partial charge in [0.05, 0.1) is 17.1 Å². The minimum atomic E-state index is -0.283. The van der Waals surface area contributed by atoms with E-state index < -0.39 is 0 Å². The summed E-state index contributed by atoms with van der Waals surface area (Å²) in [5, 5.41) is 0. The highest BCUT2D eigenvalue weighted by Crippen LogP contribution is 2.42. The van der Waals surface area contributed by atoms with Crippen LogP contribution in [-0.4, -0.2) is 10.5 Å². The van der Waals surface area contributed by atoms with Crippen LogP contribution < -0.4 is 4.90 Å². The third kappa shape index (κ3) is 2.06. The first-order valence-corrected chi connectivity index (χ1v) is 7.49. The van der Waals surface area contributed by atoms with E-state index in [1.165, 1.54) is 12.1 Å². The molecule has 0 bridgehead atoms. The van der Waals surface area contributed by atoms with E-state index >= 15 is 0 Å². The van der Waals surface area contributed by atoms with Gasteiger partial charge in [-0.25, -0.2) is 4.39 Å². The van der Waals surface area contributed by atoms with Gasteiger partial charge in [0, 0.05) is 13.1 Å². The van der Waals surface area contributed by atoms with Crippen molar-refractivity contribution in [3.63, 3.8) is 0 Å². The number of benzene rings is 2. The molecule has 0 saturated heterocycles. The first-order valence-electron chi connectivity index (χ1n) is 7.49. The fourth-order valence-corrected chi connectivity index (χ4v) is 3.30. The van der Waals surface area contributed by atoms with Crippen molar-refractivity contribution >= 4 is 11.6 Å². The summed E-state index contributed by atoms with van der Waals surface area (Å²) in [5.74, 6) is -0.325. The molecular formula is C19H15FN2O. The summed E-state index contributed by atoms with van der Waals surface area (Å²) in [6.07, 6.45) is 1.99. The molecule has 4 heteroatoms. The Morgan fingerprint density at radius 2 is 1.65 bits per heavy atom. The quantitative estimate of drug-likeness (QED) is 0.665. The largest absolute Gasteiger partial charge is 0.316 e. The predicted molar refractivity (Wildman–Crippen MR) is 87.2 cm³/mol. The zero-order valence-corrected chi connectivity index (χ0v) is 12.6. The molecule has 0 radical (unpaired) electrons. The second-order valence-corrected chi connectivity index (χ2v) is 5.63. The maximum Gasteiger partial charge on any atom is 0.224 e. The Kier molecular flexibility index (Phi) is 3.05. The molecule has 3 aromatic rings. The molecule has 1 unspecified atom stereocenters. The topological polar surface area (TPSA) is 25.2 Å². The molecule has 1 aliphatic heterocycles. The van der Waals surface area contributed by atoms with Gasteiger partial charge < -0.3 is 4.57 Å². The number of anilines is 1. The van der Waals surface area contributed by atoms with Gasteiger partial charge in [0.15, 0.2) is 0 Å². The number of carbonyl (C=O) groups is 1. The van der Waals surface area contributed by atoms with Crippen molar-refractivity contribution in [1.29, 1.82) is 0 Å². The van der Waals surface area contributed by atoms with Gasteiger partial charge in [0.2, 0.25) is 5.91 Å². The van der Waals surface area contributed by atoms with Gasteiger partial charge in [-0.3, -0.25) is 9.69 Å². The van der Waals surface area contributed by atoms with E-state index in [2.05, 4.69) is 4.57 Å². The average Bonchev–Trinajstić information content (AvgIpc) is 3.04. The molecule has 23 heavy (non-hydrogen) atoms. The number of para-hydroxylation sites is 2. The number of nitrogens with zero attached hydrogens (tertiary/aromatic N) is 2. The molecule has 0 aliphatic carbocycles. The highest BCUT2D eigenvalue weighted by Gasteiger charge is 2.34. The van der Waals surface area contributed by atoms with E-state index in [4.69, 9.17) is 0 Å². The van der Waals surface area contributed by atoms with Crippen molar-refractivity contribution in [3.8, 4) is 5.69 Å². The monoisotopic (exact) mass is 306 g/mol. The lowest BCUT2D eigenvalue weighted by Crippen LogP contribution is -2.38. The third-order valence-electron chi connectivity index (χ3n) is 4.24. The summed E-state index contributed by atoms with van der Waals surface area (Å²) < 4.78 is 15.4. The van der Waals surface area contributed by atoms with Gasteiger partial charge in [0.1, 0.15) is 11.9 Å². The average molecular weight is 306 g/mol.